The van der Waals surface area contributed by atoms with Gasteiger partial charge in [0.2, 0.25) is 0 Å². The summed E-state index contributed by atoms with van der Waals surface area (Å²) < 4.78 is 5.29. The second-order valence-corrected chi connectivity index (χ2v) is 6.10. The Hall–Kier alpha value is -0.570. The minimum Gasteiger partial charge on any atom is -0.459 e. The third kappa shape index (κ3) is 10.3. The fourth-order valence-electron chi connectivity index (χ4n) is 1.47. The van der Waals surface area contributed by atoms with Gasteiger partial charge in [-0.1, -0.05) is 26.7 Å². The average Bonchev–Trinajstić information content (AvgIpc) is 2.13. The molecule has 0 fully saturated rings. The molecule has 1 unspecified atom stereocenters. The van der Waals surface area contributed by atoms with Crippen LogP contribution < -0.4 is 5.32 Å². The molecule has 0 spiro atoms. The molecule has 0 aromatic rings. The Morgan fingerprint density at radius 1 is 1.18 bits per heavy atom. The van der Waals surface area contributed by atoms with Crippen molar-refractivity contribution in [2.24, 2.45) is 5.92 Å². The summed E-state index contributed by atoms with van der Waals surface area (Å²) in [6, 6.07) is -0.215. The highest BCUT2D eigenvalue weighted by Gasteiger charge is 2.20. The van der Waals surface area contributed by atoms with Gasteiger partial charge < -0.3 is 10.1 Å². The maximum absolute atomic E-state index is 11.6. The fraction of sp³-hybridized carbons (Fsp3) is 0.929. The molecule has 3 nitrogen and oxygen atoms in total. The third-order valence-electron chi connectivity index (χ3n) is 2.42. The lowest BCUT2D eigenvalue weighted by Crippen LogP contribution is -2.39. The quantitative estimate of drug-likeness (QED) is 0.551. The summed E-state index contributed by atoms with van der Waals surface area (Å²) >= 11 is 0. The van der Waals surface area contributed by atoms with Crippen LogP contribution in [-0.2, 0) is 9.53 Å². The maximum Gasteiger partial charge on any atom is 0.323 e. The second-order valence-electron chi connectivity index (χ2n) is 6.10. The van der Waals surface area contributed by atoms with Gasteiger partial charge in [-0.25, -0.2) is 0 Å². The molecule has 0 saturated heterocycles. The van der Waals surface area contributed by atoms with E-state index in [2.05, 4.69) is 19.2 Å². The molecule has 0 aliphatic carbocycles. The minimum atomic E-state index is -0.398. The van der Waals surface area contributed by atoms with Crippen LogP contribution in [0.1, 0.15) is 60.8 Å². The molecule has 1 atom stereocenters. The molecule has 17 heavy (non-hydrogen) atoms. The van der Waals surface area contributed by atoms with E-state index in [4.69, 9.17) is 4.74 Å². The highest BCUT2D eigenvalue weighted by atomic mass is 16.6. The van der Waals surface area contributed by atoms with Crippen LogP contribution in [0.2, 0.25) is 0 Å². The van der Waals surface area contributed by atoms with Crippen molar-refractivity contribution in [1.29, 1.82) is 0 Å². The molecular weight excluding hydrogens is 214 g/mol. The lowest BCUT2D eigenvalue weighted by Gasteiger charge is -2.22. The molecule has 0 rings (SSSR count). The summed E-state index contributed by atoms with van der Waals surface area (Å²) in [5.41, 5.74) is -0.398. The Bertz CT molecular complexity index is 219. The SMILES string of the molecule is CC(C)CCCCNC(C)C(=O)OC(C)(C)C. The molecule has 0 heterocycles. The molecular formula is C14H29NO2. The zero-order valence-corrected chi connectivity index (χ0v) is 12.3. The topological polar surface area (TPSA) is 38.3 Å². The van der Waals surface area contributed by atoms with E-state index in [1.807, 2.05) is 27.7 Å². The van der Waals surface area contributed by atoms with Gasteiger partial charge in [-0.15, -0.1) is 0 Å². The van der Waals surface area contributed by atoms with Gasteiger partial charge in [-0.3, -0.25) is 4.79 Å². The number of nitrogens with one attached hydrogen (secondary N) is 1. The minimum absolute atomic E-state index is 0.165. The Morgan fingerprint density at radius 2 is 1.76 bits per heavy atom. The first kappa shape index (κ1) is 16.4. The summed E-state index contributed by atoms with van der Waals surface area (Å²) in [4.78, 5) is 11.6. The molecule has 0 aliphatic heterocycles. The van der Waals surface area contributed by atoms with Crippen LogP contribution in [0.25, 0.3) is 0 Å². The molecule has 0 aromatic heterocycles. The second kappa shape index (κ2) is 7.70. The molecule has 102 valence electrons. The van der Waals surface area contributed by atoms with Crippen molar-refractivity contribution in [2.45, 2.75) is 72.4 Å². The van der Waals surface area contributed by atoms with E-state index in [-0.39, 0.29) is 12.0 Å². The molecule has 0 bridgehead atoms. The van der Waals surface area contributed by atoms with E-state index in [9.17, 15) is 4.79 Å². The van der Waals surface area contributed by atoms with Gasteiger partial charge in [0.05, 0.1) is 0 Å². The monoisotopic (exact) mass is 243 g/mol. The number of ether oxygens (including phenoxy) is 1. The van der Waals surface area contributed by atoms with Crippen molar-refractivity contribution < 1.29 is 9.53 Å². The Morgan fingerprint density at radius 3 is 2.24 bits per heavy atom. The number of hydrogen-bond donors (Lipinski definition) is 1. The fourth-order valence-corrected chi connectivity index (χ4v) is 1.47. The van der Waals surface area contributed by atoms with Gasteiger partial charge in [0, 0.05) is 0 Å². The van der Waals surface area contributed by atoms with E-state index >= 15 is 0 Å². The van der Waals surface area contributed by atoms with Gasteiger partial charge in [-0.2, -0.15) is 0 Å². The largest absolute Gasteiger partial charge is 0.459 e. The van der Waals surface area contributed by atoms with Gasteiger partial charge in [-0.05, 0) is 46.6 Å². The zero-order valence-electron chi connectivity index (χ0n) is 12.3. The van der Waals surface area contributed by atoms with E-state index in [1.54, 1.807) is 0 Å². The molecule has 0 aliphatic rings. The van der Waals surface area contributed by atoms with Crippen molar-refractivity contribution in [1.82, 2.24) is 5.32 Å². The average molecular weight is 243 g/mol. The lowest BCUT2D eigenvalue weighted by atomic mass is 10.1. The van der Waals surface area contributed by atoms with E-state index in [0.717, 1.165) is 18.9 Å². The number of hydrogen-bond acceptors (Lipinski definition) is 3. The number of unbranched alkanes of at least 4 members (excludes halogenated alkanes) is 1. The van der Waals surface area contributed by atoms with E-state index in [1.165, 1.54) is 12.8 Å². The highest BCUT2D eigenvalue weighted by Crippen LogP contribution is 2.09. The summed E-state index contributed by atoms with van der Waals surface area (Å²) in [5, 5.41) is 3.20. The molecule has 0 saturated carbocycles. The van der Waals surface area contributed by atoms with Gasteiger partial charge in [0.15, 0.2) is 0 Å². The van der Waals surface area contributed by atoms with Crippen molar-refractivity contribution in [2.75, 3.05) is 6.54 Å². The van der Waals surface area contributed by atoms with Crippen LogP contribution in [0.3, 0.4) is 0 Å². The van der Waals surface area contributed by atoms with Crippen molar-refractivity contribution in [3.05, 3.63) is 0 Å². The number of esters is 1. The van der Waals surface area contributed by atoms with E-state index in [0.29, 0.717) is 0 Å². The van der Waals surface area contributed by atoms with E-state index < -0.39 is 5.60 Å². The summed E-state index contributed by atoms with van der Waals surface area (Å²) in [6.07, 6.45) is 3.58. The van der Waals surface area contributed by atoms with Crippen molar-refractivity contribution >= 4 is 5.97 Å². The van der Waals surface area contributed by atoms with Crippen LogP contribution in [0, 0.1) is 5.92 Å². The molecule has 0 amide bonds. The molecule has 1 N–H and O–H groups in total. The number of carbonyl (C=O) groups is 1. The molecule has 3 heteroatoms. The van der Waals surface area contributed by atoms with Gasteiger partial charge in [0.25, 0.3) is 0 Å². The first-order valence-corrected chi connectivity index (χ1v) is 6.68. The predicted molar refractivity (Wildman–Crippen MR) is 72.0 cm³/mol. The number of carbonyl (C=O) groups excluding carboxylic acids is 1. The zero-order chi connectivity index (χ0) is 13.5. The van der Waals surface area contributed by atoms with Crippen molar-refractivity contribution in [3.8, 4) is 0 Å². The smallest absolute Gasteiger partial charge is 0.323 e. The summed E-state index contributed by atoms with van der Waals surface area (Å²) in [7, 11) is 0. The summed E-state index contributed by atoms with van der Waals surface area (Å²) in [5.74, 6) is 0.597. The standard InChI is InChI=1S/C14H29NO2/c1-11(2)9-7-8-10-15-12(3)13(16)17-14(4,5)6/h11-12,15H,7-10H2,1-6H3. The molecule has 0 radical (unpaired) electrons. The van der Waals surface area contributed by atoms with Crippen LogP contribution in [-0.4, -0.2) is 24.2 Å². The molecule has 0 aromatic carbocycles. The van der Waals surface area contributed by atoms with Gasteiger partial charge >= 0.3 is 5.97 Å². The summed E-state index contributed by atoms with van der Waals surface area (Å²) in [6.45, 7) is 12.9. The maximum atomic E-state index is 11.6. The highest BCUT2D eigenvalue weighted by molar-refractivity contribution is 5.75. The Balaban J connectivity index is 3.65. The van der Waals surface area contributed by atoms with Gasteiger partial charge in [0.1, 0.15) is 11.6 Å². The Kier molecular flexibility index (Phi) is 7.44. The third-order valence-corrected chi connectivity index (χ3v) is 2.42. The Labute approximate surface area is 106 Å². The lowest BCUT2D eigenvalue weighted by molar-refractivity contribution is -0.156. The first-order chi connectivity index (χ1) is 7.72. The normalized spacial score (nSPS) is 13.8. The number of rotatable bonds is 7. The van der Waals surface area contributed by atoms with Crippen LogP contribution in [0.5, 0.6) is 0 Å². The van der Waals surface area contributed by atoms with Crippen LogP contribution >= 0.6 is 0 Å². The van der Waals surface area contributed by atoms with Crippen molar-refractivity contribution in [3.63, 3.8) is 0 Å². The first-order valence-electron chi connectivity index (χ1n) is 6.68. The predicted octanol–water partition coefficient (Wildman–Crippen LogP) is 3.13. The van der Waals surface area contributed by atoms with Crippen LogP contribution in [0.15, 0.2) is 0 Å². The van der Waals surface area contributed by atoms with Crippen LogP contribution in [0.4, 0.5) is 0 Å².